The molecule has 1 aromatic carbocycles. The number of benzene rings is 1. The smallest absolute Gasteiger partial charge is 0.323 e. The number of hydrogen-bond donors (Lipinski definition) is 1. The molecule has 0 saturated carbocycles. The number of aromatic nitrogens is 1. The first-order valence-corrected chi connectivity index (χ1v) is 7.78. The summed E-state index contributed by atoms with van der Waals surface area (Å²) in [5, 5.41) is 2.26. The average molecular weight is 424 g/mol. The fraction of sp³-hybridized carbons (Fsp3) is 0.200. The first-order valence-electron chi connectivity index (χ1n) is 6.61. The van der Waals surface area contributed by atoms with E-state index in [1.807, 2.05) is 0 Å². The molecule has 1 N–H and O–H groups in total. The number of aryl methyl sites for hydroxylation is 1. The van der Waals surface area contributed by atoms with Crippen LogP contribution in [0.4, 0.5) is 18.9 Å². The Morgan fingerprint density at radius 1 is 1.33 bits per heavy atom. The molecule has 4 nitrogen and oxygen atoms in total. The Kier molecular flexibility index (Phi) is 5.39. The van der Waals surface area contributed by atoms with E-state index < -0.39 is 23.2 Å². The summed E-state index contributed by atoms with van der Waals surface area (Å²) < 4.78 is 39.6. The quantitative estimate of drug-likeness (QED) is 0.803. The lowest BCUT2D eigenvalue weighted by Crippen LogP contribution is -2.28. The number of carbonyl (C=O) groups excluding carboxylic acids is 1. The predicted octanol–water partition coefficient (Wildman–Crippen LogP) is 4.23. The van der Waals surface area contributed by atoms with E-state index in [2.05, 4.69) is 21.2 Å². The van der Waals surface area contributed by atoms with E-state index in [1.54, 1.807) is 13.0 Å². The summed E-state index contributed by atoms with van der Waals surface area (Å²) in [5.41, 5.74) is -0.786. The normalized spacial score (nSPS) is 11.4. The van der Waals surface area contributed by atoms with Gasteiger partial charge >= 0.3 is 6.18 Å². The molecule has 0 unspecified atom stereocenters. The molecule has 0 bridgehead atoms. The fourth-order valence-corrected chi connectivity index (χ4v) is 2.75. The zero-order chi connectivity index (χ0) is 18.1. The lowest BCUT2D eigenvalue weighted by atomic mass is 10.2. The summed E-state index contributed by atoms with van der Waals surface area (Å²) in [7, 11) is 0. The average Bonchev–Trinajstić information content (AvgIpc) is 2.45. The third-order valence-corrected chi connectivity index (χ3v) is 3.96. The molecule has 0 atom stereocenters. The highest BCUT2D eigenvalue weighted by molar-refractivity contribution is 9.10. The molecule has 9 heteroatoms. The third kappa shape index (κ3) is 4.39. The van der Waals surface area contributed by atoms with Gasteiger partial charge < -0.3 is 9.88 Å². The lowest BCUT2D eigenvalue weighted by molar-refractivity contribution is -0.137. The highest BCUT2D eigenvalue weighted by Crippen LogP contribution is 2.33. The number of nitrogens with zero attached hydrogens (tertiary/aromatic N) is 1. The monoisotopic (exact) mass is 422 g/mol. The third-order valence-electron chi connectivity index (χ3n) is 3.06. The molecule has 1 aromatic heterocycles. The summed E-state index contributed by atoms with van der Waals surface area (Å²) in [5.74, 6) is -0.671. The zero-order valence-corrected chi connectivity index (χ0v) is 14.6. The van der Waals surface area contributed by atoms with Crippen LogP contribution in [-0.2, 0) is 17.5 Å². The second-order valence-corrected chi connectivity index (χ2v) is 6.30. The Balaban J connectivity index is 2.23. The second-order valence-electron chi connectivity index (χ2n) is 5.04. The van der Waals surface area contributed by atoms with Crippen molar-refractivity contribution < 1.29 is 18.0 Å². The molecule has 1 heterocycles. The Hall–Kier alpha value is -1.80. The summed E-state index contributed by atoms with van der Waals surface area (Å²) in [4.78, 5) is 24.0. The maximum atomic E-state index is 12.7. The van der Waals surface area contributed by atoms with E-state index >= 15 is 0 Å². The van der Waals surface area contributed by atoms with Crippen molar-refractivity contribution in [2.75, 3.05) is 5.32 Å². The molecule has 2 rings (SSSR count). The maximum absolute atomic E-state index is 12.7. The molecular weight excluding hydrogens is 413 g/mol. The first kappa shape index (κ1) is 18.5. The van der Waals surface area contributed by atoms with Crippen molar-refractivity contribution in [1.82, 2.24) is 4.57 Å². The standard InChI is InChI=1S/C15H11BrClF3N2O2/c1-8-4-10(16)14(24)22(6-8)7-13(23)21-12-5-9(15(18,19)20)2-3-11(12)17/h2-6H,7H2,1H3,(H,21,23). The van der Waals surface area contributed by atoms with Gasteiger partial charge in [-0.15, -0.1) is 0 Å². The lowest BCUT2D eigenvalue weighted by Gasteiger charge is -2.12. The van der Waals surface area contributed by atoms with E-state index in [0.717, 1.165) is 28.3 Å². The summed E-state index contributed by atoms with van der Waals surface area (Å²) in [6, 6.07) is 4.21. The van der Waals surface area contributed by atoms with E-state index in [4.69, 9.17) is 11.6 Å². The van der Waals surface area contributed by atoms with Crippen LogP contribution in [0.1, 0.15) is 11.1 Å². The van der Waals surface area contributed by atoms with E-state index in [0.29, 0.717) is 0 Å². The van der Waals surface area contributed by atoms with E-state index in [9.17, 15) is 22.8 Å². The molecule has 0 aliphatic carbocycles. The van der Waals surface area contributed by atoms with Crippen LogP contribution >= 0.6 is 27.5 Å². The highest BCUT2D eigenvalue weighted by atomic mass is 79.9. The predicted molar refractivity (Wildman–Crippen MR) is 88.2 cm³/mol. The van der Waals surface area contributed by atoms with Gasteiger partial charge in [-0.25, -0.2) is 0 Å². The molecule has 0 radical (unpaired) electrons. The minimum atomic E-state index is -4.55. The number of nitrogens with one attached hydrogen (secondary N) is 1. The van der Waals surface area contributed by atoms with Gasteiger partial charge in [0, 0.05) is 6.20 Å². The molecule has 24 heavy (non-hydrogen) atoms. The van der Waals surface area contributed by atoms with Crippen molar-refractivity contribution in [3.63, 3.8) is 0 Å². The molecule has 0 aliphatic heterocycles. The van der Waals surface area contributed by atoms with Crippen molar-refractivity contribution in [3.8, 4) is 0 Å². The van der Waals surface area contributed by atoms with Gasteiger partial charge in [0.05, 0.1) is 20.7 Å². The topological polar surface area (TPSA) is 51.1 Å². The Morgan fingerprint density at radius 2 is 2.00 bits per heavy atom. The molecule has 0 fully saturated rings. The van der Waals surface area contributed by atoms with Gasteiger partial charge in [-0.05, 0) is 52.7 Å². The number of alkyl halides is 3. The SMILES string of the molecule is Cc1cc(Br)c(=O)n(CC(=O)Nc2cc(C(F)(F)F)ccc2Cl)c1. The van der Waals surface area contributed by atoms with Gasteiger partial charge in [0.25, 0.3) is 5.56 Å². The number of halogens is 5. The van der Waals surface area contributed by atoms with Crippen LogP contribution in [0.2, 0.25) is 5.02 Å². The zero-order valence-electron chi connectivity index (χ0n) is 12.2. The van der Waals surface area contributed by atoms with Crippen LogP contribution in [-0.4, -0.2) is 10.5 Å². The molecular formula is C15H11BrClF3N2O2. The van der Waals surface area contributed by atoms with Crippen molar-refractivity contribution in [1.29, 1.82) is 0 Å². The van der Waals surface area contributed by atoms with Gasteiger partial charge in [-0.1, -0.05) is 11.6 Å². The first-order chi connectivity index (χ1) is 11.1. The van der Waals surface area contributed by atoms with Crippen molar-refractivity contribution in [2.24, 2.45) is 0 Å². The van der Waals surface area contributed by atoms with Crippen molar-refractivity contribution >= 4 is 39.1 Å². The molecule has 0 saturated heterocycles. The summed E-state index contributed by atoms with van der Waals surface area (Å²) in [6.45, 7) is 1.38. The summed E-state index contributed by atoms with van der Waals surface area (Å²) in [6.07, 6.45) is -3.08. The number of hydrogen-bond acceptors (Lipinski definition) is 2. The molecule has 0 aliphatic rings. The van der Waals surface area contributed by atoms with Crippen LogP contribution in [0.5, 0.6) is 0 Å². The number of carbonyl (C=O) groups is 1. The molecule has 0 spiro atoms. The van der Waals surface area contributed by atoms with Gasteiger partial charge in [0.15, 0.2) is 0 Å². The fourth-order valence-electron chi connectivity index (χ4n) is 2.00. The largest absolute Gasteiger partial charge is 0.416 e. The number of pyridine rings is 1. The van der Waals surface area contributed by atoms with Crippen LogP contribution in [0.15, 0.2) is 39.7 Å². The second kappa shape index (κ2) is 6.98. The van der Waals surface area contributed by atoms with Crippen LogP contribution < -0.4 is 10.9 Å². The van der Waals surface area contributed by atoms with Crippen LogP contribution in [0.3, 0.4) is 0 Å². The maximum Gasteiger partial charge on any atom is 0.416 e. The number of amides is 1. The van der Waals surface area contributed by atoms with E-state index in [-0.39, 0.29) is 21.7 Å². The van der Waals surface area contributed by atoms with Crippen molar-refractivity contribution in [3.05, 3.63) is 61.4 Å². The number of rotatable bonds is 3. The van der Waals surface area contributed by atoms with Gasteiger partial charge in [0.2, 0.25) is 5.91 Å². The minimum Gasteiger partial charge on any atom is -0.323 e. The van der Waals surface area contributed by atoms with Crippen LogP contribution in [0.25, 0.3) is 0 Å². The summed E-state index contributed by atoms with van der Waals surface area (Å²) >= 11 is 8.90. The van der Waals surface area contributed by atoms with Gasteiger partial charge in [-0.3, -0.25) is 9.59 Å². The molecule has 128 valence electrons. The number of anilines is 1. The van der Waals surface area contributed by atoms with E-state index in [1.165, 1.54) is 6.20 Å². The van der Waals surface area contributed by atoms with Gasteiger partial charge in [0.1, 0.15) is 6.54 Å². The Bertz CT molecular complexity index is 850. The van der Waals surface area contributed by atoms with Crippen LogP contribution in [0, 0.1) is 6.92 Å². The minimum absolute atomic E-state index is 0.0332. The Morgan fingerprint density at radius 3 is 2.62 bits per heavy atom. The molecule has 2 aromatic rings. The highest BCUT2D eigenvalue weighted by Gasteiger charge is 2.31. The van der Waals surface area contributed by atoms with Crippen molar-refractivity contribution in [2.45, 2.75) is 19.6 Å². The molecule has 1 amide bonds. The Labute approximate surface area is 148 Å². The van der Waals surface area contributed by atoms with Gasteiger partial charge in [-0.2, -0.15) is 13.2 Å².